The third kappa shape index (κ3) is 4.60. The smallest absolute Gasteiger partial charge is 0.249 e. The number of halogens is 3. The van der Waals surface area contributed by atoms with Gasteiger partial charge in [-0.2, -0.15) is 4.99 Å². The van der Waals surface area contributed by atoms with Gasteiger partial charge < -0.3 is 4.57 Å². The third-order valence-corrected chi connectivity index (χ3v) is 7.50. The molecule has 0 aliphatic rings. The van der Waals surface area contributed by atoms with E-state index in [9.17, 15) is 13.2 Å². The van der Waals surface area contributed by atoms with Gasteiger partial charge in [-0.1, -0.05) is 46.1 Å². The van der Waals surface area contributed by atoms with Gasteiger partial charge in [0.25, 0.3) is 0 Å². The van der Waals surface area contributed by atoms with Gasteiger partial charge in [-0.25, -0.2) is 8.42 Å². The van der Waals surface area contributed by atoms with Crippen molar-refractivity contribution in [1.29, 1.82) is 0 Å². The Labute approximate surface area is 181 Å². The van der Waals surface area contributed by atoms with Crippen molar-refractivity contribution in [3.8, 4) is 0 Å². The van der Waals surface area contributed by atoms with Crippen molar-refractivity contribution in [2.24, 2.45) is 4.99 Å². The number of nitrogens with zero attached hydrogens (tertiary/aromatic N) is 2. The first-order valence-electron chi connectivity index (χ1n) is 8.25. The van der Waals surface area contributed by atoms with E-state index in [1.807, 2.05) is 11.5 Å². The number of sulfone groups is 1. The van der Waals surface area contributed by atoms with Crippen LogP contribution < -0.4 is 4.80 Å². The van der Waals surface area contributed by atoms with Crippen molar-refractivity contribution in [2.75, 3.05) is 5.75 Å². The number of hydrogen-bond donors (Lipinski definition) is 0. The Kier molecular flexibility index (Phi) is 6.51. The van der Waals surface area contributed by atoms with Crippen molar-refractivity contribution < 1.29 is 13.2 Å². The molecule has 3 rings (SSSR count). The maximum Gasteiger partial charge on any atom is 0.249 e. The van der Waals surface area contributed by atoms with Crippen LogP contribution in [0.5, 0.6) is 0 Å². The van der Waals surface area contributed by atoms with Crippen LogP contribution in [-0.4, -0.2) is 24.6 Å². The molecule has 5 nitrogen and oxygen atoms in total. The molecule has 1 heterocycles. The molecular formula is C18H15Cl3N2O3S2. The molecule has 0 aliphatic heterocycles. The molecular weight excluding hydrogens is 463 g/mol. The molecule has 0 aliphatic carbocycles. The summed E-state index contributed by atoms with van der Waals surface area (Å²) in [5, 5.41) is 1.41. The molecule has 0 radical (unpaired) electrons. The highest BCUT2D eigenvalue weighted by Crippen LogP contribution is 2.29. The molecule has 148 valence electrons. The van der Waals surface area contributed by atoms with Crippen LogP contribution >= 0.6 is 46.1 Å². The van der Waals surface area contributed by atoms with Crippen LogP contribution in [0.25, 0.3) is 10.2 Å². The first kappa shape index (κ1) is 21.3. The Morgan fingerprint density at radius 2 is 1.79 bits per heavy atom. The number of carbonyl (C=O) groups is 1. The predicted octanol–water partition coefficient (Wildman–Crippen LogP) is 4.97. The summed E-state index contributed by atoms with van der Waals surface area (Å²) in [6.45, 7) is 2.46. The Balaban J connectivity index is 1.87. The Morgan fingerprint density at radius 1 is 1.11 bits per heavy atom. The molecule has 3 aromatic rings. The molecule has 0 bridgehead atoms. The highest BCUT2D eigenvalue weighted by molar-refractivity contribution is 7.91. The fourth-order valence-electron chi connectivity index (χ4n) is 2.65. The van der Waals surface area contributed by atoms with Crippen molar-refractivity contribution in [3.63, 3.8) is 0 Å². The normalized spacial score (nSPS) is 12.6. The van der Waals surface area contributed by atoms with Crippen LogP contribution in [0.3, 0.4) is 0 Å². The molecule has 28 heavy (non-hydrogen) atoms. The van der Waals surface area contributed by atoms with Gasteiger partial charge in [0.2, 0.25) is 5.91 Å². The van der Waals surface area contributed by atoms with E-state index in [1.165, 1.54) is 35.6 Å². The molecule has 0 spiro atoms. The van der Waals surface area contributed by atoms with E-state index < -0.39 is 15.7 Å². The molecule has 10 heteroatoms. The monoisotopic (exact) mass is 476 g/mol. The van der Waals surface area contributed by atoms with E-state index in [0.717, 1.165) is 10.2 Å². The minimum Gasteiger partial charge on any atom is -0.315 e. The molecule has 1 aromatic heterocycles. The highest BCUT2D eigenvalue weighted by atomic mass is 35.5. The second-order valence-electron chi connectivity index (χ2n) is 5.89. The summed E-state index contributed by atoms with van der Waals surface area (Å²) in [7, 11) is -3.60. The number of hydrogen-bond acceptors (Lipinski definition) is 4. The topological polar surface area (TPSA) is 68.5 Å². The lowest BCUT2D eigenvalue weighted by atomic mass is 10.3. The zero-order valence-electron chi connectivity index (χ0n) is 14.7. The van der Waals surface area contributed by atoms with Crippen molar-refractivity contribution >= 4 is 72.1 Å². The van der Waals surface area contributed by atoms with E-state index in [2.05, 4.69) is 4.99 Å². The van der Waals surface area contributed by atoms with E-state index in [1.54, 1.807) is 12.1 Å². The molecule has 1 amide bonds. The fourth-order valence-corrected chi connectivity index (χ4v) is 5.90. The average Bonchev–Trinajstić information content (AvgIpc) is 2.97. The van der Waals surface area contributed by atoms with Gasteiger partial charge in [0.1, 0.15) is 0 Å². The Hall–Kier alpha value is -1.38. The number of thiazole rings is 1. The molecule has 0 saturated heterocycles. The van der Waals surface area contributed by atoms with E-state index in [4.69, 9.17) is 34.8 Å². The molecule has 0 saturated carbocycles. The van der Waals surface area contributed by atoms with Gasteiger partial charge in [-0.05, 0) is 43.3 Å². The number of carbonyl (C=O) groups excluding carboxylic acids is 1. The van der Waals surface area contributed by atoms with Gasteiger partial charge in [-0.3, -0.25) is 4.79 Å². The van der Waals surface area contributed by atoms with Crippen LogP contribution in [0, 0.1) is 0 Å². The van der Waals surface area contributed by atoms with Gasteiger partial charge >= 0.3 is 0 Å². The number of benzene rings is 2. The van der Waals surface area contributed by atoms with E-state index >= 15 is 0 Å². The standard InChI is InChI=1S/C18H15Cl3N2O3S2/c1-2-23-17-14(21)9-12(20)10-15(17)27-18(23)22-16(24)7-8-28(25,26)13-5-3-11(19)4-6-13/h3-6,9-10H,2,7-8H2,1H3. The molecule has 0 unspecified atom stereocenters. The number of amides is 1. The fraction of sp³-hybridized carbons (Fsp3) is 0.222. The third-order valence-electron chi connectivity index (χ3n) is 3.99. The summed E-state index contributed by atoms with van der Waals surface area (Å²) in [6, 6.07) is 9.22. The lowest BCUT2D eigenvalue weighted by Gasteiger charge is -2.04. The van der Waals surface area contributed by atoms with Gasteiger partial charge in [0, 0.05) is 23.0 Å². The average molecular weight is 478 g/mol. The quantitative estimate of drug-likeness (QED) is 0.521. The van der Waals surface area contributed by atoms with Crippen LogP contribution in [0.4, 0.5) is 0 Å². The van der Waals surface area contributed by atoms with E-state index in [0.29, 0.717) is 26.4 Å². The van der Waals surface area contributed by atoms with Crippen molar-refractivity contribution in [2.45, 2.75) is 24.8 Å². The van der Waals surface area contributed by atoms with Crippen LogP contribution in [0.1, 0.15) is 13.3 Å². The predicted molar refractivity (Wildman–Crippen MR) is 114 cm³/mol. The van der Waals surface area contributed by atoms with Crippen molar-refractivity contribution in [3.05, 3.63) is 56.3 Å². The second kappa shape index (κ2) is 8.55. The van der Waals surface area contributed by atoms with Crippen LogP contribution in [0.2, 0.25) is 15.1 Å². The Morgan fingerprint density at radius 3 is 2.43 bits per heavy atom. The lowest BCUT2D eigenvalue weighted by molar-refractivity contribution is -0.117. The summed E-state index contributed by atoms with van der Waals surface area (Å²) in [6.07, 6.45) is -0.225. The van der Waals surface area contributed by atoms with Crippen molar-refractivity contribution in [1.82, 2.24) is 4.57 Å². The zero-order valence-corrected chi connectivity index (χ0v) is 18.6. The maximum atomic E-state index is 12.4. The molecule has 0 atom stereocenters. The van der Waals surface area contributed by atoms with E-state index in [-0.39, 0.29) is 17.1 Å². The van der Waals surface area contributed by atoms with Gasteiger partial charge in [-0.15, -0.1) is 0 Å². The summed E-state index contributed by atoms with van der Waals surface area (Å²) >= 11 is 19.4. The number of aryl methyl sites for hydroxylation is 1. The largest absolute Gasteiger partial charge is 0.315 e. The van der Waals surface area contributed by atoms with Crippen LogP contribution in [0.15, 0.2) is 46.3 Å². The minimum absolute atomic E-state index is 0.122. The summed E-state index contributed by atoms with van der Waals surface area (Å²) in [4.78, 5) is 17.0. The minimum atomic E-state index is -3.60. The zero-order chi connectivity index (χ0) is 20.5. The van der Waals surface area contributed by atoms with Crippen LogP contribution in [-0.2, 0) is 21.2 Å². The van der Waals surface area contributed by atoms with Gasteiger partial charge in [0.15, 0.2) is 14.6 Å². The highest BCUT2D eigenvalue weighted by Gasteiger charge is 2.17. The number of aromatic nitrogens is 1. The lowest BCUT2D eigenvalue weighted by Crippen LogP contribution is -2.17. The number of rotatable bonds is 5. The maximum absolute atomic E-state index is 12.4. The van der Waals surface area contributed by atoms with Gasteiger partial charge in [0.05, 0.1) is 25.9 Å². The Bertz CT molecular complexity index is 1210. The summed E-state index contributed by atoms with van der Waals surface area (Å²) in [5.74, 6) is -0.853. The molecule has 0 N–H and O–H groups in total. The SMILES string of the molecule is CCn1c(=NC(=O)CCS(=O)(=O)c2ccc(Cl)cc2)sc2cc(Cl)cc(Cl)c21. The first-order valence-corrected chi connectivity index (χ1v) is 11.9. The summed E-state index contributed by atoms with van der Waals surface area (Å²) in [5.41, 5.74) is 0.749. The first-order chi connectivity index (χ1) is 13.2. The molecule has 2 aromatic carbocycles. The molecule has 0 fully saturated rings. The second-order valence-corrected chi connectivity index (χ2v) is 10.3. The number of fused-ring (bicyclic) bond motifs is 1. The summed E-state index contributed by atoms with van der Waals surface area (Å²) < 4.78 is 27.4.